The Labute approximate surface area is 186 Å². The van der Waals surface area contributed by atoms with Crippen LogP contribution in [0.15, 0.2) is 36.9 Å². The molecule has 2 rings (SSSR count). The summed E-state index contributed by atoms with van der Waals surface area (Å²) < 4.78 is 28.1. The highest BCUT2D eigenvalue weighted by molar-refractivity contribution is 7.99. The third-order valence-corrected chi connectivity index (χ3v) is 5.26. The van der Waals surface area contributed by atoms with Gasteiger partial charge in [0.15, 0.2) is 18.3 Å². The van der Waals surface area contributed by atoms with E-state index < -0.39 is 47.8 Å². The van der Waals surface area contributed by atoms with Gasteiger partial charge in [0.1, 0.15) is 11.5 Å². The quantitative estimate of drug-likeness (QED) is 0.242. The maximum absolute atomic E-state index is 11.9. The Morgan fingerprint density at radius 1 is 1.03 bits per heavy atom. The van der Waals surface area contributed by atoms with Crippen molar-refractivity contribution in [1.82, 2.24) is 0 Å². The van der Waals surface area contributed by atoms with Gasteiger partial charge in [-0.3, -0.25) is 14.4 Å². The van der Waals surface area contributed by atoms with E-state index >= 15 is 0 Å². The second-order valence-corrected chi connectivity index (χ2v) is 7.87. The lowest BCUT2D eigenvalue weighted by Crippen LogP contribution is -2.57. The molecule has 0 saturated carbocycles. The molecule has 0 radical (unpaired) electrons. The van der Waals surface area contributed by atoms with Crippen molar-refractivity contribution in [2.24, 2.45) is 0 Å². The maximum atomic E-state index is 11.9. The predicted molar refractivity (Wildman–Crippen MR) is 114 cm³/mol. The highest BCUT2D eigenvalue weighted by Gasteiger charge is 2.52. The first-order chi connectivity index (χ1) is 14.8. The molecule has 31 heavy (non-hydrogen) atoms. The highest BCUT2D eigenvalue weighted by atomic mass is 32.2. The SMILES string of the molecule is C=CCOCc1cccc([C@@H]2O[C@H](SC)[C@@H](OC(C)=O)[C@H](OC(C)=O)[C@H]2OC(C)=O)c1. The molecule has 170 valence electrons. The first-order valence-corrected chi connectivity index (χ1v) is 11.0. The minimum Gasteiger partial charge on any atom is -0.455 e. The minimum atomic E-state index is -1.04. The van der Waals surface area contributed by atoms with Crippen molar-refractivity contribution in [3.05, 3.63) is 48.0 Å². The van der Waals surface area contributed by atoms with Crippen molar-refractivity contribution >= 4 is 29.7 Å². The van der Waals surface area contributed by atoms with Crippen LogP contribution in [0.25, 0.3) is 0 Å². The van der Waals surface area contributed by atoms with Gasteiger partial charge in [-0.1, -0.05) is 30.3 Å². The topological polar surface area (TPSA) is 97.4 Å². The van der Waals surface area contributed by atoms with Gasteiger partial charge in [-0.05, 0) is 17.4 Å². The van der Waals surface area contributed by atoms with E-state index in [1.165, 1.54) is 32.5 Å². The molecular formula is C22H28O8S. The van der Waals surface area contributed by atoms with Crippen LogP contribution in [0.1, 0.15) is 38.0 Å². The van der Waals surface area contributed by atoms with E-state index in [4.69, 9.17) is 23.7 Å². The van der Waals surface area contributed by atoms with E-state index in [2.05, 4.69) is 6.58 Å². The van der Waals surface area contributed by atoms with Crippen LogP contribution in [0, 0.1) is 0 Å². The molecule has 1 fully saturated rings. The molecule has 0 bridgehead atoms. The third-order valence-electron chi connectivity index (χ3n) is 4.42. The standard InChI is InChI=1S/C22H28O8S/c1-6-10-26-12-16-8-7-9-17(11-16)18-19(27-13(2)23)20(28-14(3)24)21(29-15(4)25)22(30-18)31-5/h6-9,11,18-22H,1,10,12H2,2-5H3/t18-,19-,20+,21-,22+/m0/s1. The fraction of sp³-hybridized carbons (Fsp3) is 0.500. The molecule has 0 N–H and O–H groups in total. The lowest BCUT2D eigenvalue weighted by Gasteiger charge is -2.44. The number of carbonyl (C=O) groups excluding carboxylic acids is 3. The Morgan fingerprint density at radius 3 is 2.23 bits per heavy atom. The van der Waals surface area contributed by atoms with E-state index in [9.17, 15) is 14.4 Å². The number of rotatable bonds is 9. The second kappa shape index (κ2) is 11.9. The molecule has 8 nitrogen and oxygen atoms in total. The van der Waals surface area contributed by atoms with E-state index in [0.717, 1.165) is 5.56 Å². The Kier molecular flexibility index (Phi) is 9.54. The molecule has 5 atom stereocenters. The van der Waals surface area contributed by atoms with Crippen LogP contribution in [0.5, 0.6) is 0 Å². The smallest absolute Gasteiger partial charge is 0.303 e. The average molecular weight is 453 g/mol. The fourth-order valence-electron chi connectivity index (χ4n) is 3.35. The molecule has 0 unspecified atom stereocenters. The Hall–Kier alpha value is -2.36. The number of hydrogen-bond acceptors (Lipinski definition) is 9. The number of hydrogen-bond donors (Lipinski definition) is 0. The van der Waals surface area contributed by atoms with Crippen molar-refractivity contribution in [3.8, 4) is 0 Å². The number of benzene rings is 1. The van der Waals surface area contributed by atoms with Gasteiger partial charge in [0.2, 0.25) is 0 Å². The summed E-state index contributed by atoms with van der Waals surface area (Å²) in [7, 11) is 0. The number of esters is 3. The molecule has 1 aromatic carbocycles. The van der Waals surface area contributed by atoms with Crippen molar-refractivity contribution in [1.29, 1.82) is 0 Å². The summed E-state index contributed by atoms with van der Waals surface area (Å²) in [5, 5.41) is 0. The van der Waals surface area contributed by atoms with Crippen LogP contribution in [-0.2, 0) is 44.7 Å². The van der Waals surface area contributed by atoms with Crippen LogP contribution in [0.4, 0.5) is 0 Å². The third kappa shape index (κ3) is 7.09. The molecule has 1 saturated heterocycles. The zero-order valence-electron chi connectivity index (χ0n) is 18.1. The molecule has 1 aromatic rings. The van der Waals surface area contributed by atoms with E-state index in [1.807, 2.05) is 24.3 Å². The Morgan fingerprint density at radius 2 is 1.65 bits per heavy atom. The summed E-state index contributed by atoms with van der Waals surface area (Å²) in [5.41, 5.74) is 0.950. The zero-order chi connectivity index (χ0) is 23.0. The van der Waals surface area contributed by atoms with Gasteiger partial charge < -0.3 is 23.7 Å². The predicted octanol–water partition coefficient (Wildman–Crippen LogP) is 2.94. The molecule has 1 aliphatic rings. The minimum absolute atomic E-state index is 0.361. The molecule has 1 aliphatic heterocycles. The first-order valence-electron chi connectivity index (χ1n) is 9.74. The van der Waals surface area contributed by atoms with Crippen LogP contribution >= 0.6 is 11.8 Å². The normalized spacial score (nSPS) is 25.4. The molecular weight excluding hydrogens is 424 g/mol. The summed E-state index contributed by atoms with van der Waals surface area (Å²) >= 11 is 1.30. The molecule has 0 amide bonds. The van der Waals surface area contributed by atoms with Crippen molar-refractivity contribution in [3.63, 3.8) is 0 Å². The van der Waals surface area contributed by atoms with Crippen molar-refractivity contribution in [2.45, 2.75) is 57.2 Å². The van der Waals surface area contributed by atoms with Crippen molar-refractivity contribution in [2.75, 3.05) is 12.9 Å². The number of carbonyl (C=O) groups is 3. The average Bonchev–Trinajstić information content (AvgIpc) is 2.70. The largest absolute Gasteiger partial charge is 0.455 e. The van der Waals surface area contributed by atoms with Gasteiger partial charge in [0, 0.05) is 20.8 Å². The van der Waals surface area contributed by atoms with Gasteiger partial charge in [-0.2, -0.15) is 0 Å². The number of thioether (sulfide) groups is 1. The Balaban J connectivity index is 2.45. The lowest BCUT2D eigenvalue weighted by atomic mass is 9.93. The van der Waals surface area contributed by atoms with Crippen LogP contribution in [0.3, 0.4) is 0 Å². The Bertz CT molecular complexity index is 795. The maximum Gasteiger partial charge on any atom is 0.303 e. The second-order valence-electron chi connectivity index (χ2n) is 6.93. The van der Waals surface area contributed by atoms with Gasteiger partial charge in [-0.15, -0.1) is 18.3 Å². The van der Waals surface area contributed by atoms with Gasteiger partial charge in [0.25, 0.3) is 0 Å². The summed E-state index contributed by atoms with van der Waals surface area (Å²) in [4.78, 5) is 35.4. The summed E-state index contributed by atoms with van der Waals surface area (Å²) in [6, 6.07) is 7.43. The fourth-order valence-corrected chi connectivity index (χ4v) is 4.06. The van der Waals surface area contributed by atoms with Gasteiger partial charge >= 0.3 is 17.9 Å². The van der Waals surface area contributed by atoms with Crippen LogP contribution in [-0.4, -0.2) is 54.5 Å². The first kappa shape index (κ1) is 24.9. The monoisotopic (exact) mass is 452 g/mol. The van der Waals surface area contributed by atoms with Crippen LogP contribution < -0.4 is 0 Å². The van der Waals surface area contributed by atoms with Gasteiger partial charge in [-0.25, -0.2) is 0 Å². The molecule has 1 heterocycles. The number of ether oxygens (including phenoxy) is 5. The summed E-state index contributed by atoms with van der Waals surface area (Å²) in [5.74, 6) is -1.73. The van der Waals surface area contributed by atoms with E-state index in [0.29, 0.717) is 18.8 Å². The van der Waals surface area contributed by atoms with Crippen LogP contribution in [0.2, 0.25) is 0 Å². The molecule has 9 heteroatoms. The summed E-state index contributed by atoms with van der Waals surface area (Å²) in [6.45, 7) is 8.14. The van der Waals surface area contributed by atoms with E-state index in [1.54, 1.807) is 12.3 Å². The van der Waals surface area contributed by atoms with E-state index in [-0.39, 0.29) is 0 Å². The lowest BCUT2D eigenvalue weighted by molar-refractivity contribution is -0.233. The molecule has 0 aromatic heterocycles. The summed E-state index contributed by atoms with van der Waals surface area (Å²) in [6.07, 6.45) is -0.310. The highest BCUT2D eigenvalue weighted by Crippen LogP contribution is 2.40. The molecule has 0 aliphatic carbocycles. The van der Waals surface area contributed by atoms with Gasteiger partial charge in [0.05, 0.1) is 13.2 Å². The van der Waals surface area contributed by atoms with Crippen molar-refractivity contribution < 1.29 is 38.1 Å². The molecule has 0 spiro atoms. The zero-order valence-corrected chi connectivity index (χ0v) is 18.9.